The Morgan fingerprint density at radius 1 is 1.18 bits per heavy atom. The number of pyridine rings is 1. The average molecular weight is 375 g/mol. The van der Waals surface area contributed by atoms with Crippen LogP contribution in [0, 0.1) is 13.8 Å². The Hall–Kier alpha value is -3.13. The van der Waals surface area contributed by atoms with Crippen LogP contribution in [0.25, 0.3) is 17.0 Å². The van der Waals surface area contributed by atoms with E-state index in [0.717, 1.165) is 54.1 Å². The lowest BCUT2D eigenvalue weighted by Gasteiger charge is -2.20. The summed E-state index contributed by atoms with van der Waals surface area (Å²) in [6, 6.07) is 5.93. The van der Waals surface area contributed by atoms with Gasteiger partial charge in [-0.05, 0) is 51.4 Å². The van der Waals surface area contributed by atoms with Gasteiger partial charge in [-0.3, -0.25) is 9.88 Å². The van der Waals surface area contributed by atoms with E-state index >= 15 is 0 Å². The predicted octanol–water partition coefficient (Wildman–Crippen LogP) is 3.13. The van der Waals surface area contributed by atoms with Gasteiger partial charge in [0.15, 0.2) is 5.65 Å². The summed E-state index contributed by atoms with van der Waals surface area (Å²) >= 11 is 0. The van der Waals surface area contributed by atoms with Crippen LogP contribution >= 0.6 is 0 Å². The molecular weight excluding hydrogens is 354 g/mol. The highest BCUT2D eigenvalue weighted by Crippen LogP contribution is 2.33. The molecule has 8 nitrogen and oxygen atoms in total. The van der Waals surface area contributed by atoms with Crippen LogP contribution in [0.5, 0.6) is 0 Å². The molecule has 0 aromatic carbocycles. The summed E-state index contributed by atoms with van der Waals surface area (Å²) in [5.74, 6) is 1.27. The van der Waals surface area contributed by atoms with Crippen LogP contribution < -0.4 is 0 Å². The molecule has 1 atom stereocenters. The molecule has 0 spiro atoms. The maximum atomic E-state index is 5.62. The van der Waals surface area contributed by atoms with Crippen molar-refractivity contribution >= 4 is 5.65 Å². The second-order valence-corrected chi connectivity index (χ2v) is 7.26. The van der Waals surface area contributed by atoms with Gasteiger partial charge in [-0.15, -0.1) is 0 Å². The van der Waals surface area contributed by atoms with Gasteiger partial charge in [0.05, 0.1) is 12.2 Å². The first-order valence-electron chi connectivity index (χ1n) is 9.48. The SMILES string of the molecule is Cc1cc(C)n2ncc(CN3CCC[C@H]3c3nc(-c4ccncc4)no3)c2n1. The second kappa shape index (κ2) is 6.79. The molecule has 1 saturated heterocycles. The molecule has 5 heterocycles. The molecule has 0 aliphatic carbocycles. The molecule has 1 aliphatic heterocycles. The topological polar surface area (TPSA) is 85.2 Å². The summed E-state index contributed by atoms with van der Waals surface area (Å²) in [5.41, 5.74) is 5.04. The highest BCUT2D eigenvalue weighted by molar-refractivity contribution is 5.52. The van der Waals surface area contributed by atoms with Crippen LogP contribution in [0.1, 0.15) is 41.7 Å². The molecule has 1 aliphatic rings. The number of aryl methyl sites for hydroxylation is 2. The molecule has 0 bridgehead atoms. The summed E-state index contributed by atoms with van der Waals surface area (Å²) in [6.07, 6.45) is 7.48. The number of hydrogen-bond donors (Lipinski definition) is 0. The summed E-state index contributed by atoms with van der Waals surface area (Å²) in [7, 11) is 0. The van der Waals surface area contributed by atoms with E-state index in [1.807, 2.05) is 35.8 Å². The lowest BCUT2D eigenvalue weighted by atomic mass is 10.2. The van der Waals surface area contributed by atoms with Crippen molar-refractivity contribution in [2.24, 2.45) is 0 Å². The lowest BCUT2D eigenvalue weighted by molar-refractivity contribution is 0.201. The maximum absolute atomic E-state index is 5.62. The van der Waals surface area contributed by atoms with Gasteiger partial charge in [0.2, 0.25) is 11.7 Å². The van der Waals surface area contributed by atoms with Gasteiger partial charge < -0.3 is 4.52 Å². The zero-order valence-corrected chi connectivity index (χ0v) is 15.9. The number of likely N-dealkylation sites (tertiary alicyclic amines) is 1. The normalized spacial score (nSPS) is 17.6. The van der Waals surface area contributed by atoms with Crippen LogP contribution in [0.3, 0.4) is 0 Å². The van der Waals surface area contributed by atoms with Crippen molar-refractivity contribution in [3.63, 3.8) is 0 Å². The largest absolute Gasteiger partial charge is 0.337 e. The van der Waals surface area contributed by atoms with Crippen molar-refractivity contribution in [2.75, 3.05) is 6.54 Å². The summed E-state index contributed by atoms with van der Waals surface area (Å²) in [6.45, 7) is 5.81. The molecule has 0 unspecified atom stereocenters. The van der Waals surface area contributed by atoms with E-state index in [2.05, 4.69) is 32.0 Å². The third-order valence-corrected chi connectivity index (χ3v) is 5.25. The highest BCUT2D eigenvalue weighted by atomic mass is 16.5. The third kappa shape index (κ3) is 2.95. The van der Waals surface area contributed by atoms with E-state index in [1.54, 1.807) is 12.4 Å². The molecule has 0 N–H and O–H groups in total. The van der Waals surface area contributed by atoms with Crippen LogP contribution in [0.4, 0.5) is 0 Å². The molecular formula is C20H21N7O. The molecule has 0 saturated carbocycles. The molecule has 8 heteroatoms. The molecule has 0 radical (unpaired) electrons. The number of aromatic nitrogens is 6. The average Bonchev–Trinajstić information content (AvgIpc) is 3.43. The quantitative estimate of drug-likeness (QED) is 0.542. The summed E-state index contributed by atoms with van der Waals surface area (Å²) in [5, 5.41) is 8.68. The third-order valence-electron chi connectivity index (χ3n) is 5.25. The molecule has 4 aromatic rings. The van der Waals surface area contributed by atoms with Crippen molar-refractivity contribution in [2.45, 2.75) is 39.3 Å². The summed E-state index contributed by atoms with van der Waals surface area (Å²) < 4.78 is 7.52. The Kier molecular flexibility index (Phi) is 4.12. The minimum Gasteiger partial charge on any atom is -0.337 e. The molecule has 28 heavy (non-hydrogen) atoms. The summed E-state index contributed by atoms with van der Waals surface area (Å²) in [4.78, 5) is 15.8. The van der Waals surface area contributed by atoms with Gasteiger partial charge in [0.25, 0.3) is 0 Å². The van der Waals surface area contributed by atoms with Gasteiger partial charge in [0, 0.05) is 41.5 Å². The first-order valence-corrected chi connectivity index (χ1v) is 9.48. The highest BCUT2D eigenvalue weighted by Gasteiger charge is 2.31. The molecule has 1 fully saturated rings. The van der Waals surface area contributed by atoms with Crippen LogP contribution in [-0.2, 0) is 6.54 Å². The Balaban J connectivity index is 1.42. The second-order valence-electron chi connectivity index (χ2n) is 7.26. The van der Waals surface area contributed by atoms with E-state index in [4.69, 9.17) is 9.51 Å². The van der Waals surface area contributed by atoms with Crippen molar-refractivity contribution in [3.8, 4) is 11.4 Å². The molecule has 5 rings (SSSR count). The van der Waals surface area contributed by atoms with Crippen LogP contribution in [0.15, 0.2) is 41.3 Å². The van der Waals surface area contributed by atoms with Crippen molar-refractivity contribution in [3.05, 3.63) is 59.6 Å². The van der Waals surface area contributed by atoms with Gasteiger partial charge in [-0.1, -0.05) is 5.16 Å². The van der Waals surface area contributed by atoms with Crippen molar-refractivity contribution in [1.82, 2.24) is 34.6 Å². The monoisotopic (exact) mass is 375 g/mol. The zero-order chi connectivity index (χ0) is 19.1. The van der Waals surface area contributed by atoms with E-state index in [0.29, 0.717) is 11.7 Å². The first-order chi connectivity index (χ1) is 13.7. The van der Waals surface area contributed by atoms with Crippen molar-refractivity contribution < 1.29 is 4.52 Å². The standard InChI is InChI=1S/C20H21N7O/c1-13-10-14(2)27-19(23-13)16(11-22-27)12-26-9-3-4-17(26)20-24-18(25-28-20)15-5-7-21-8-6-15/h5-8,10-11,17H,3-4,9,12H2,1-2H3/t17-/m0/s1. The molecule has 4 aromatic heterocycles. The van der Waals surface area contributed by atoms with E-state index < -0.39 is 0 Å². The fraction of sp³-hybridized carbons (Fsp3) is 0.350. The van der Waals surface area contributed by atoms with Gasteiger partial charge in [0.1, 0.15) is 0 Å². The van der Waals surface area contributed by atoms with Gasteiger partial charge >= 0.3 is 0 Å². The Bertz CT molecular complexity index is 1120. The fourth-order valence-corrected chi connectivity index (χ4v) is 3.93. The fourth-order valence-electron chi connectivity index (χ4n) is 3.93. The zero-order valence-electron chi connectivity index (χ0n) is 15.9. The maximum Gasteiger partial charge on any atom is 0.244 e. The van der Waals surface area contributed by atoms with Crippen molar-refractivity contribution in [1.29, 1.82) is 0 Å². The Labute approximate surface area is 162 Å². The molecule has 0 amide bonds. The van der Waals surface area contributed by atoms with Crippen LogP contribution in [-0.4, -0.2) is 41.2 Å². The van der Waals surface area contributed by atoms with Gasteiger partial charge in [-0.2, -0.15) is 10.1 Å². The Morgan fingerprint density at radius 2 is 2.04 bits per heavy atom. The van der Waals surface area contributed by atoms with E-state index in [1.165, 1.54) is 0 Å². The number of fused-ring (bicyclic) bond motifs is 1. The first kappa shape index (κ1) is 17.0. The number of hydrogen-bond acceptors (Lipinski definition) is 7. The Morgan fingerprint density at radius 3 is 2.89 bits per heavy atom. The van der Waals surface area contributed by atoms with E-state index in [9.17, 15) is 0 Å². The smallest absolute Gasteiger partial charge is 0.244 e. The minimum absolute atomic E-state index is 0.115. The number of rotatable bonds is 4. The van der Waals surface area contributed by atoms with Crippen LogP contribution in [0.2, 0.25) is 0 Å². The van der Waals surface area contributed by atoms with E-state index in [-0.39, 0.29) is 6.04 Å². The predicted molar refractivity (Wildman–Crippen MR) is 102 cm³/mol. The van der Waals surface area contributed by atoms with Gasteiger partial charge in [-0.25, -0.2) is 9.50 Å². The number of nitrogens with zero attached hydrogens (tertiary/aromatic N) is 7. The minimum atomic E-state index is 0.115. The molecule has 142 valence electrons. The lowest BCUT2D eigenvalue weighted by Crippen LogP contribution is -2.23.